The largest absolute Gasteiger partial charge is 0.477 e. The lowest BCUT2D eigenvalue weighted by Crippen LogP contribution is -2.38. The number of halogens is 1. The Morgan fingerprint density at radius 3 is 2.52 bits per heavy atom. The van der Waals surface area contributed by atoms with Crippen molar-refractivity contribution in [3.63, 3.8) is 0 Å². The summed E-state index contributed by atoms with van der Waals surface area (Å²) in [6.45, 7) is 0. The normalized spacial score (nSPS) is 23.1. The smallest absolute Gasteiger partial charge is 0.345 e. The third-order valence-electron chi connectivity index (χ3n) is 3.49. The van der Waals surface area contributed by atoms with Gasteiger partial charge in [-0.2, -0.15) is 11.8 Å². The van der Waals surface area contributed by atoms with E-state index in [0.717, 1.165) is 37.0 Å². The Hall–Kier alpha value is -0.0900. The van der Waals surface area contributed by atoms with Crippen LogP contribution < -0.4 is 4.72 Å². The fraction of sp³-hybridized carbons (Fsp3) is 0.583. The highest BCUT2D eigenvalue weighted by atomic mass is 79.9. The molecule has 2 rings (SSSR count). The van der Waals surface area contributed by atoms with Gasteiger partial charge in [-0.25, -0.2) is 17.9 Å². The number of sulfonamides is 1. The predicted molar refractivity (Wildman–Crippen MR) is 88.9 cm³/mol. The van der Waals surface area contributed by atoms with Crippen LogP contribution in [0.3, 0.4) is 0 Å². The summed E-state index contributed by atoms with van der Waals surface area (Å²) in [4.78, 5) is 10.9. The van der Waals surface area contributed by atoms with Gasteiger partial charge >= 0.3 is 5.97 Å². The zero-order valence-electron chi connectivity index (χ0n) is 11.3. The van der Waals surface area contributed by atoms with E-state index in [1.165, 1.54) is 6.07 Å². The van der Waals surface area contributed by atoms with Gasteiger partial charge in [0.1, 0.15) is 9.77 Å². The predicted octanol–water partition coefficient (Wildman–Crippen LogP) is 3.16. The third-order valence-corrected chi connectivity index (χ3v) is 8.38. The number of rotatable bonds is 5. The molecule has 5 nitrogen and oxygen atoms in total. The molecule has 1 heterocycles. The molecule has 1 aromatic heterocycles. The van der Waals surface area contributed by atoms with E-state index < -0.39 is 16.0 Å². The van der Waals surface area contributed by atoms with Crippen molar-refractivity contribution >= 4 is 55.0 Å². The van der Waals surface area contributed by atoms with Crippen LogP contribution >= 0.6 is 39.0 Å². The van der Waals surface area contributed by atoms with Crippen molar-refractivity contribution in [1.29, 1.82) is 0 Å². The first-order valence-electron chi connectivity index (χ1n) is 6.41. The summed E-state index contributed by atoms with van der Waals surface area (Å²) in [7, 11) is -3.68. The number of aromatic carboxylic acids is 1. The number of carboxylic acid groups (broad SMARTS) is 1. The molecule has 0 unspecified atom stereocenters. The van der Waals surface area contributed by atoms with E-state index in [4.69, 9.17) is 5.11 Å². The number of carboxylic acids is 1. The molecular formula is C12H16BrNO4S3. The molecule has 2 N–H and O–H groups in total. The van der Waals surface area contributed by atoms with Crippen molar-refractivity contribution in [1.82, 2.24) is 4.72 Å². The Kier molecular flexibility index (Phi) is 5.75. The zero-order chi connectivity index (χ0) is 15.6. The molecule has 0 radical (unpaired) electrons. The summed E-state index contributed by atoms with van der Waals surface area (Å²) in [5.74, 6) is -1.12. The number of thioether (sulfide) groups is 1. The summed E-state index contributed by atoms with van der Waals surface area (Å²) in [5.41, 5.74) is 0. The van der Waals surface area contributed by atoms with Gasteiger partial charge < -0.3 is 5.11 Å². The third kappa shape index (κ3) is 4.22. The van der Waals surface area contributed by atoms with E-state index in [9.17, 15) is 13.2 Å². The Labute approximate surface area is 140 Å². The van der Waals surface area contributed by atoms with Crippen LogP contribution in [0, 0.1) is 0 Å². The highest BCUT2D eigenvalue weighted by Crippen LogP contribution is 2.33. The van der Waals surface area contributed by atoms with Crippen molar-refractivity contribution in [2.45, 2.75) is 41.9 Å². The quantitative estimate of drug-likeness (QED) is 0.774. The average molecular weight is 414 g/mol. The average Bonchev–Trinajstić information content (AvgIpc) is 2.82. The van der Waals surface area contributed by atoms with Gasteiger partial charge in [0.2, 0.25) is 10.0 Å². The van der Waals surface area contributed by atoms with E-state index in [1.54, 1.807) is 0 Å². The molecule has 118 valence electrons. The summed E-state index contributed by atoms with van der Waals surface area (Å²) >= 11 is 5.87. The van der Waals surface area contributed by atoms with E-state index in [-0.39, 0.29) is 15.8 Å². The molecule has 1 aliphatic carbocycles. The number of nitrogens with one attached hydrogen (secondary N) is 1. The summed E-state index contributed by atoms with van der Waals surface area (Å²) in [5, 5.41) is 9.55. The molecule has 1 saturated carbocycles. The van der Waals surface area contributed by atoms with Crippen LogP contribution in [0.1, 0.15) is 35.4 Å². The molecule has 0 spiro atoms. The minimum atomic E-state index is -3.68. The van der Waals surface area contributed by atoms with Gasteiger partial charge in [0, 0.05) is 11.3 Å². The highest BCUT2D eigenvalue weighted by Gasteiger charge is 2.28. The zero-order valence-corrected chi connectivity index (χ0v) is 15.4. The van der Waals surface area contributed by atoms with Crippen LogP contribution in [0.25, 0.3) is 0 Å². The van der Waals surface area contributed by atoms with Crippen molar-refractivity contribution in [2.75, 3.05) is 6.26 Å². The van der Waals surface area contributed by atoms with Gasteiger partial charge in [-0.05, 0) is 53.9 Å². The number of carbonyl (C=O) groups is 1. The van der Waals surface area contributed by atoms with E-state index in [1.807, 2.05) is 11.8 Å². The van der Waals surface area contributed by atoms with Crippen molar-refractivity contribution < 1.29 is 18.3 Å². The Morgan fingerprint density at radius 1 is 1.43 bits per heavy atom. The Morgan fingerprint density at radius 2 is 2.05 bits per heavy atom. The highest BCUT2D eigenvalue weighted by molar-refractivity contribution is 9.11. The fourth-order valence-corrected chi connectivity index (χ4v) is 6.79. The van der Waals surface area contributed by atoms with Crippen molar-refractivity contribution in [2.24, 2.45) is 0 Å². The monoisotopic (exact) mass is 413 g/mol. The molecule has 0 bridgehead atoms. The molecule has 0 aliphatic heterocycles. The topological polar surface area (TPSA) is 83.5 Å². The molecule has 1 aliphatic rings. The van der Waals surface area contributed by atoms with Crippen LogP contribution in [-0.4, -0.2) is 37.0 Å². The first kappa shape index (κ1) is 17.3. The van der Waals surface area contributed by atoms with E-state index in [2.05, 4.69) is 26.9 Å². The second kappa shape index (κ2) is 6.99. The summed E-state index contributed by atoms with van der Waals surface area (Å²) < 4.78 is 27.8. The fourth-order valence-electron chi connectivity index (χ4n) is 2.34. The molecule has 0 amide bonds. The van der Waals surface area contributed by atoms with Crippen LogP contribution in [-0.2, 0) is 10.0 Å². The standard InChI is InChI=1S/C12H16BrNO4S3/c1-19-8-4-2-7(3-5-8)14-21(17,18)10-6-9(12(15)16)20-11(10)13/h6-8,14H,2-5H2,1H3,(H,15,16). The summed E-state index contributed by atoms with van der Waals surface area (Å²) in [6, 6.07) is 1.13. The van der Waals surface area contributed by atoms with Crippen LogP contribution in [0.5, 0.6) is 0 Å². The minimum Gasteiger partial charge on any atom is -0.477 e. The van der Waals surface area contributed by atoms with Crippen molar-refractivity contribution in [3.8, 4) is 0 Å². The van der Waals surface area contributed by atoms with Crippen LogP contribution in [0.2, 0.25) is 0 Å². The lowest BCUT2D eigenvalue weighted by atomic mass is 9.96. The maximum absolute atomic E-state index is 12.4. The minimum absolute atomic E-state index is 0.00772. The number of thiophene rings is 1. The molecule has 1 aromatic rings. The van der Waals surface area contributed by atoms with Crippen molar-refractivity contribution in [3.05, 3.63) is 14.7 Å². The van der Waals surface area contributed by atoms with Gasteiger partial charge in [0.15, 0.2) is 0 Å². The maximum atomic E-state index is 12.4. The van der Waals surface area contributed by atoms with E-state index >= 15 is 0 Å². The number of hydrogen-bond donors (Lipinski definition) is 2. The lowest BCUT2D eigenvalue weighted by Gasteiger charge is -2.27. The molecule has 9 heteroatoms. The van der Waals surface area contributed by atoms with Crippen LogP contribution in [0.4, 0.5) is 0 Å². The Balaban J connectivity index is 2.10. The van der Waals surface area contributed by atoms with Crippen LogP contribution in [0.15, 0.2) is 14.7 Å². The first-order valence-corrected chi connectivity index (χ1v) is 10.8. The molecular weight excluding hydrogens is 398 g/mol. The SMILES string of the molecule is CSC1CCC(NS(=O)(=O)c2cc(C(=O)O)sc2Br)CC1. The van der Waals surface area contributed by atoms with Gasteiger partial charge in [-0.15, -0.1) is 11.3 Å². The molecule has 1 fully saturated rings. The molecule has 0 saturated heterocycles. The number of hydrogen-bond acceptors (Lipinski definition) is 5. The van der Waals surface area contributed by atoms with Gasteiger partial charge in [-0.1, -0.05) is 0 Å². The maximum Gasteiger partial charge on any atom is 0.345 e. The molecule has 0 atom stereocenters. The van der Waals surface area contributed by atoms with Gasteiger partial charge in [0.05, 0.1) is 3.79 Å². The molecule has 21 heavy (non-hydrogen) atoms. The Bertz CT molecular complexity index is 620. The first-order chi connectivity index (χ1) is 9.83. The lowest BCUT2D eigenvalue weighted by molar-refractivity contribution is 0.0702. The second-order valence-corrected chi connectivity index (χ2v) is 10.1. The van der Waals surface area contributed by atoms with Gasteiger partial charge in [-0.3, -0.25) is 0 Å². The molecule has 0 aromatic carbocycles. The van der Waals surface area contributed by atoms with Gasteiger partial charge in [0.25, 0.3) is 0 Å². The van der Waals surface area contributed by atoms with E-state index in [0.29, 0.717) is 9.04 Å². The summed E-state index contributed by atoms with van der Waals surface area (Å²) in [6.07, 6.45) is 5.71. The second-order valence-electron chi connectivity index (χ2n) is 4.88.